The molecule has 3 rings (SSSR count). The second-order valence-corrected chi connectivity index (χ2v) is 5.11. The molecule has 3 nitrogen and oxygen atoms in total. The lowest BCUT2D eigenvalue weighted by Gasteiger charge is -2.23. The second kappa shape index (κ2) is 4.13. The van der Waals surface area contributed by atoms with E-state index in [1.165, 1.54) is 11.3 Å². The zero-order valence-electron chi connectivity index (χ0n) is 8.72. The third kappa shape index (κ3) is 1.94. The van der Waals surface area contributed by atoms with Gasteiger partial charge in [-0.25, -0.2) is 4.98 Å². The summed E-state index contributed by atoms with van der Waals surface area (Å²) in [5, 5.41) is 3.26. The number of carbonyl (C=O) groups is 1. The minimum atomic E-state index is -0.267. The average Bonchev–Trinajstić information content (AvgIpc) is 2.83. The smallest absolute Gasteiger partial charge is 0.170 e. The van der Waals surface area contributed by atoms with Crippen molar-refractivity contribution >= 4 is 28.7 Å². The molecule has 0 saturated heterocycles. The molecule has 1 unspecified atom stereocenters. The Morgan fingerprint density at radius 2 is 2.35 bits per heavy atom. The summed E-state index contributed by atoms with van der Waals surface area (Å²) in [6.45, 7) is 0. The third-order valence-corrected chi connectivity index (χ3v) is 3.71. The molecular weight excluding hydrogens is 258 g/mol. The molecule has 17 heavy (non-hydrogen) atoms. The van der Waals surface area contributed by atoms with E-state index in [2.05, 4.69) is 4.98 Å². The predicted molar refractivity (Wildman–Crippen MR) is 65.9 cm³/mol. The van der Waals surface area contributed by atoms with Crippen molar-refractivity contribution in [3.05, 3.63) is 45.4 Å². The van der Waals surface area contributed by atoms with Crippen molar-refractivity contribution in [2.45, 2.75) is 12.5 Å². The quantitative estimate of drug-likeness (QED) is 0.792. The van der Waals surface area contributed by atoms with Crippen molar-refractivity contribution in [2.75, 3.05) is 0 Å². The zero-order chi connectivity index (χ0) is 11.8. The number of rotatable bonds is 1. The van der Waals surface area contributed by atoms with E-state index in [9.17, 15) is 4.79 Å². The third-order valence-electron chi connectivity index (χ3n) is 2.61. The molecule has 1 aliphatic rings. The molecular formula is C12H8ClNO2S. The molecule has 2 aromatic rings. The monoisotopic (exact) mass is 265 g/mol. The minimum Gasteiger partial charge on any atom is -0.482 e. The Bertz CT molecular complexity index is 568. The highest BCUT2D eigenvalue weighted by molar-refractivity contribution is 7.09. The highest BCUT2D eigenvalue weighted by atomic mass is 35.5. The fourth-order valence-electron chi connectivity index (χ4n) is 1.83. The molecule has 0 N–H and O–H groups in total. The lowest BCUT2D eigenvalue weighted by Crippen LogP contribution is -2.20. The van der Waals surface area contributed by atoms with Gasteiger partial charge in [0.2, 0.25) is 0 Å². The summed E-state index contributed by atoms with van der Waals surface area (Å²) in [6, 6.07) is 5.10. The van der Waals surface area contributed by atoms with E-state index >= 15 is 0 Å². The summed E-state index contributed by atoms with van der Waals surface area (Å²) in [7, 11) is 0. The average molecular weight is 266 g/mol. The molecule has 0 aliphatic carbocycles. The number of thiazole rings is 1. The molecule has 1 atom stereocenters. The van der Waals surface area contributed by atoms with E-state index in [0.717, 1.165) is 5.01 Å². The van der Waals surface area contributed by atoms with Crippen LogP contribution in [0.5, 0.6) is 5.75 Å². The first-order valence-electron chi connectivity index (χ1n) is 5.13. The van der Waals surface area contributed by atoms with Gasteiger partial charge in [-0.1, -0.05) is 11.6 Å². The molecule has 0 spiro atoms. The summed E-state index contributed by atoms with van der Waals surface area (Å²) >= 11 is 7.35. The van der Waals surface area contributed by atoms with Crippen molar-refractivity contribution < 1.29 is 9.53 Å². The minimum absolute atomic E-state index is 0.0500. The van der Waals surface area contributed by atoms with Crippen LogP contribution >= 0.6 is 22.9 Å². The second-order valence-electron chi connectivity index (χ2n) is 3.74. The molecule has 0 bridgehead atoms. The van der Waals surface area contributed by atoms with Crippen molar-refractivity contribution in [3.63, 3.8) is 0 Å². The molecule has 0 saturated carbocycles. The molecule has 2 heterocycles. The standard InChI is InChI=1S/C12H8ClNO2S/c13-7-1-2-10-8(5-7)9(15)6-11(16-10)12-14-3-4-17-12/h1-5,11H,6H2. The van der Waals surface area contributed by atoms with Gasteiger partial charge in [-0.2, -0.15) is 0 Å². The summed E-state index contributed by atoms with van der Waals surface area (Å²) in [5.74, 6) is 0.639. The van der Waals surface area contributed by atoms with E-state index in [1.807, 2.05) is 5.38 Å². The first-order chi connectivity index (χ1) is 8.24. The topological polar surface area (TPSA) is 39.2 Å². The normalized spacial score (nSPS) is 18.6. The van der Waals surface area contributed by atoms with Gasteiger partial charge >= 0.3 is 0 Å². The number of hydrogen-bond donors (Lipinski definition) is 0. The van der Waals surface area contributed by atoms with Gasteiger partial charge in [-0.3, -0.25) is 4.79 Å². The number of ether oxygens (including phenoxy) is 1. The molecule has 86 valence electrons. The van der Waals surface area contributed by atoms with Crippen LogP contribution in [0.15, 0.2) is 29.8 Å². The largest absolute Gasteiger partial charge is 0.482 e. The van der Waals surface area contributed by atoms with Crippen LogP contribution in [0.1, 0.15) is 27.9 Å². The van der Waals surface area contributed by atoms with Crippen LogP contribution in [0.25, 0.3) is 0 Å². The Hall–Kier alpha value is -1.39. The fourth-order valence-corrected chi connectivity index (χ4v) is 2.67. The molecule has 0 amide bonds. The van der Waals surface area contributed by atoms with Gasteiger partial charge in [0.15, 0.2) is 11.9 Å². The van der Waals surface area contributed by atoms with E-state index in [0.29, 0.717) is 22.8 Å². The summed E-state index contributed by atoms with van der Waals surface area (Å²) in [6.07, 6.45) is 1.77. The number of ketones is 1. The molecule has 0 radical (unpaired) electrons. The number of halogens is 1. The van der Waals surface area contributed by atoms with Crippen molar-refractivity contribution in [1.29, 1.82) is 0 Å². The number of fused-ring (bicyclic) bond motifs is 1. The lowest BCUT2D eigenvalue weighted by molar-refractivity contribution is 0.0850. The van der Waals surface area contributed by atoms with Gasteiger partial charge in [-0.05, 0) is 18.2 Å². The Morgan fingerprint density at radius 3 is 3.12 bits per heavy atom. The molecule has 1 aromatic heterocycles. The predicted octanol–water partition coefficient (Wildman–Crippen LogP) is 3.50. The summed E-state index contributed by atoms with van der Waals surface area (Å²) in [5.41, 5.74) is 0.560. The maximum atomic E-state index is 12.0. The van der Waals surface area contributed by atoms with Crippen LogP contribution in [0.3, 0.4) is 0 Å². The van der Waals surface area contributed by atoms with E-state index < -0.39 is 0 Å². The molecule has 1 aliphatic heterocycles. The number of hydrogen-bond acceptors (Lipinski definition) is 4. The van der Waals surface area contributed by atoms with Gasteiger partial charge < -0.3 is 4.74 Å². The van der Waals surface area contributed by atoms with Crippen LogP contribution < -0.4 is 4.74 Å². The fraction of sp³-hybridized carbons (Fsp3) is 0.167. The van der Waals surface area contributed by atoms with Crippen LogP contribution in [-0.4, -0.2) is 10.8 Å². The highest BCUT2D eigenvalue weighted by Crippen LogP contribution is 2.36. The SMILES string of the molecule is O=C1CC(c2nccs2)Oc2ccc(Cl)cc21. The Labute approximate surface area is 107 Å². The summed E-state index contributed by atoms with van der Waals surface area (Å²) in [4.78, 5) is 16.2. The lowest BCUT2D eigenvalue weighted by atomic mass is 10.0. The van der Waals surface area contributed by atoms with Crippen molar-refractivity contribution in [1.82, 2.24) is 4.98 Å². The Morgan fingerprint density at radius 1 is 1.47 bits per heavy atom. The number of Topliss-reactive ketones (excluding diaryl/α,β-unsaturated/α-hetero) is 1. The Balaban J connectivity index is 1.99. The number of benzene rings is 1. The van der Waals surface area contributed by atoms with E-state index in [4.69, 9.17) is 16.3 Å². The number of carbonyl (C=O) groups excluding carboxylic acids is 1. The number of aromatic nitrogens is 1. The van der Waals surface area contributed by atoms with E-state index in [1.54, 1.807) is 24.4 Å². The first-order valence-corrected chi connectivity index (χ1v) is 6.38. The maximum Gasteiger partial charge on any atom is 0.170 e. The van der Waals surface area contributed by atoms with Crippen LogP contribution in [-0.2, 0) is 0 Å². The van der Waals surface area contributed by atoms with Crippen molar-refractivity contribution in [3.8, 4) is 5.75 Å². The van der Waals surface area contributed by atoms with Gasteiger partial charge in [-0.15, -0.1) is 11.3 Å². The molecule has 5 heteroatoms. The van der Waals surface area contributed by atoms with Crippen molar-refractivity contribution in [2.24, 2.45) is 0 Å². The summed E-state index contributed by atoms with van der Waals surface area (Å²) < 4.78 is 5.77. The van der Waals surface area contributed by atoms with Gasteiger partial charge in [0.05, 0.1) is 12.0 Å². The highest BCUT2D eigenvalue weighted by Gasteiger charge is 2.29. The Kier molecular flexibility index (Phi) is 2.61. The molecule has 0 fully saturated rings. The zero-order valence-corrected chi connectivity index (χ0v) is 10.3. The van der Waals surface area contributed by atoms with Gasteiger partial charge in [0, 0.05) is 16.6 Å². The van der Waals surface area contributed by atoms with Crippen LogP contribution in [0.2, 0.25) is 5.02 Å². The maximum absolute atomic E-state index is 12.0. The molecule has 1 aromatic carbocycles. The number of nitrogens with zero attached hydrogens (tertiary/aromatic N) is 1. The first kappa shape index (κ1) is 10.7. The van der Waals surface area contributed by atoms with Crippen LogP contribution in [0, 0.1) is 0 Å². The van der Waals surface area contributed by atoms with Gasteiger partial charge in [0.1, 0.15) is 10.8 Å². The van der Waals surface area contributed by atoms with Crippen LogP contribution in [0.4, 0.5) is 0 Å². The van der Waals surface area contributed by atoms with E-state index in [-0.39, 0.29) is 11.9 Å². The van der Waals surface area contributed by atoms with Gasteiger partial charge in [0.25, 0.3) is 0 Å².